The summed E-state index contributed by atoms with van der Waals surface area (Å²) in [4.78, 5) is 0. The molecule has 0 radical (unpaired) electrons. The number of halogens is 1. The molecule has 0 heterocycles. The van der Waals surface area contributed by atoms with Crippen LogP contribution in [0.3, 0.4) is 0 Å². The molecular weight excluding hydrogens is 179 g/mol. The van der Waals surface area contributed by atoms with Gasteiger partial charge in [0.2, 0.25) is 0 Å². The van der Waals surface area contributed by atoms with Gasteiger partial charge in [-0.2, -0.15) is 0 Å². The lowest BCUT2D eigenvalue weighted by atomic mass is 10.2. The highest BCUT2D eigenvalue weighted by Crippen LogP contribution is 2.27. The molecule has 1 aliphatic carbocycles. The lowest BCUT2D eigenvalue weighted by molar-refractivity contribution is 0.301. The molecule has 1 aliphatic rings. The second kappa shape index (κ2) is 3.82. The van der Waals surface area contributed by atoms with Gasteiger partial charge in [0.15, 0.2) is 0 Å². The van der Waals surface area contributed by atoms with Gasteiger partial charge >= 0.3 is 0 Å². The number of hydrogen-bond donors (Lipinski definition) is 0. The minimum atomic E-state index is -0.221. The predicted octanol–water partition coefficient (Wildman–Crippen LogP) is 3.40. The number of hydrogen-bond acceptors (Lipinski definition) is 1. The Bertz CT molecular complexity index is 353. The van der Waals surface area contributed by atoms with Crippen molar-refractivity contribution < 1.29 is 9.13 Å². The highest BCUT2D eigenvalue weighted by atomic mass is 19.1. The van der Waals surface area contributed by atoms with E-state index in [1.54, 1.807) is 12.1 Å². The fraction of sp³-hybridized carbons (Fsp3) is 0.333. The molecule has 74 valence electrons. The summed E-state index contributed by atoms with van der Waals surface area (Å²) in [5.74, 6) is 0.416. The van der Waals surface area contributed by atoms with Crippen molar-refractivity contribution in [2.24, 2.45) is 0 Å². The van der Waals surface area contributed by atoms with Crippen molar-refractivity contribution in [2.75, 3.05) is 0 Å². The van der Waals surface area contributed by atoms with Crippen molar-refractivity contribution in [3.63, 3.8) is 0 Å². The van der Waals surface area contributed by atoms with Crippen LogP contribution in [0, 0.1) is 5.82 Å². The van der Waals surface area contributed by atoms with Crippen molar-refractivity contribution in [1.29, 1.82) is 0 Å². The van der Waals surface area contributed by atoms with Gasteiger partial charge in [0, 0.05) is 11.6 Å². The summed E-state index contributed by atoms with van der Waals surface area (Å²) in [6, 6.07) is 5.01. The van der Waals surface area contributed by atoms with Gasteiger partial charge in [-0.05, 0) is 31.9 Å². The molecule has 0 aromatic heterocycles. The van der Waals surface area contributed by atoms with Crippen molar-refractivity contribution >= 4 is 6.08 Å². The molecule has 1 fully saturated rings. The zero-order valence-corrected chi connectivity index (χ0v) is 8.16. The van der Waals surface area contributed by atoms with Crippen LogP contribution in [0.5, 0.6) is 5.75 Å². The highest BCUT2D eigenvalue weighted by molar-refractivity contribution is 5.51. The number of allylic oxidation sites excluding steroid dienone is 1. The van der Waals surface area contributed by atoms with Crippen molar-refractivity contribution in [1.82, 2.24) is 0 Å². The number of ether oxygens (including phenoxy) is 1. The van der Waals surface area contributed by atoms with Crippen LogP contribution in [0.1, 0.15) is 25.3 Å². The summed E-state index contributed by atoms with van der Waals surface area (Å²) in [5, 5.41) is 0. The SMILES string of the molecule is C/C=C/c1ccc(OC2CC2)cc1F. The van der Waals surface area contributed by atoms with E-state index >= 15 is 0 Å². The van der Waals surface area contributed by atoms with Crippen LogP contribution in [0.4, 0.5) is 4.39 Å². The second-order valence-electron chi connectivity index (χ2n) is 3.50. The molecule has 1 aromatic carbocycles. The molecule has 1 saturated carbocycles. The molecule has 0 unspecified atom stereocenters. The third-order valence-corrected chi connectivity index (χ3v) is 2.15. The highest BCUT2D eigenvalue weighted by Gasteiger charge is 2.23. The van der Waals surface area contributed by atoms with Crippen LogP contribution in [0.15, 0.2) is 24.3 Å². The fourth-order valence-corrected chi connectivity index (χ4v) is 1.27. The van der Waals surface area contributed by atoms with E-state index in [-0.39, 0.29) is 5.82 Å². The Morgan fingerprint density at radius 2 is 2.21 bits per heavy atom. The molecular formula is C12H13FO. The summed E-state index contributed by atoms with van der Waals surface area (Å²) < 4.78 is 18.9. The molecule has 0 saturated heterocycles. The smallest absolute Gasteiger partial charge is 0.134 e. The summed E-state index contributed by atoms with van der Waals surface area (Å²) >= 11 is 0. The minimum absolute atomic E-state index is 0.221. The molecule has 1 aromatic rings. The monoisotopic (exact) mass is 192 g/mol. The molecule has 0 atom stereocenters. The topological polar surface area (TPSA) is 9.23 Å². The predicted molar refractivity (Wildman–Crippen MR) is 54.8 cm³/mol. The average Bonchev–Trinajstić information content (AvgIpc) is 2.94. The summed E-state index contributed by atoms with van der Waals surface area (Å²) in [7, 11) is 0. The van der Waals surface area contributed by atoms with Gasteiger partial charge in [-0.3, -0.25) is 0 Å². The lowest BCUT2D eigenvalue weighted by Gasteiger charge is -2.05. The molecule has 0 bridgehead atoms. The maximum absolute atomic E-state index is 13.4. The Morgan fingerprint density at radius 1 is 1.43 bits per heavy atom. The third kappa shape index (κ3) is 2.13. The Hall–Kier alpha value is -1.31. The van der Waals surface area contributed by atoms with Gasteiger partial charge < -0.3 is 4.74 Å². The Balaban J connectivity index is 2.16. The van der Waals surface area contributed by atoms with E-state index < -0.39 is 0 Å². The van der Waals surface area contributed by atoms with Crippen LogP contribution in [-0.4, -0.2) is 6.10 Å². The van der Waals surface area contributed by atoms with Crippen molar-refractivity contribution in [3.05, 3.63) is 35.7 Å². The van der Waals surface area contributed by atoms with E-state index in [1.807, 2.05) is 19.1 Å². The fourth-order valence-electron chi connectivity index (χ4n) is 1.27. The van der Waals surface area contributed by atoms with E-state index in [1.165, 1.54) is 6.07 Å². The van der Waals surface area contributed by atoms with Gasteiger partial charge in [-0.25, -0.2) is 4.39 Å². The van der Waals surface area contributed by atoms with Crippen molar-refractivity contribution in [3.8, 4) is 5.75 Å². The molecule has 0 N–H and O–H groups in total. The van der Waals surface area contributed by atoms with E-state index in [4.69, 9.17) is 4.74 Å². The molecule has 14 heavy (non-hydrogen) atoms. The van der Waals surface area contributed by atoms with Gasteiger partial charge in [0.1, 0.15) is 11.6 Å². The molecule has 0 amide bonds. The van der Waals surface area contributed by atoms with E-state index in [0.717, 1.165) is 12.8 Å². The zero-order valence-electron chi connectivity index (χ0n) is 8.16. The maximum atomic E-state index is 13.4. The first-order valence-electron chi connectivity index (χ1n) is 4.88. The molecule has 0 aliphatic heterocycles. The van der Waals surface area contributed by atoms with Crippen LogP contribution in [0.25, 0.3) is 6.08 Å². The Kier molecular flexibility index (Phi) is 2.53. The van der Waals surface area contributed by atoms with Gasteiger partial charge in [-0.15, -0.1) is 0 Å². The van der Waals surface area contributed by atoms with Crippen LogP contribution < -0.4 is 4.74 Å². The summed E-state index contributed by atoms with van der Waals surface area (Å²) in [6.07, 6.45) is 6.08. The summed E-state index contributed by atoms with van der Waals surface area (Å²) in [5.41, 5.74) is 0.607. The molecule has 0 spiro atoms. The lowest BCUT2D eigenvalue weighted by Crippen LogP contribution is -1.96. The summed E-state index contributed by atoms with van der Waals surface area (Å²) in [6.45, 7) is 1.87. The quantitative estimate of drug-likeness (QED) is 0.713. The van der Waals surface area contributed by atoms with E-state index in [0.29, 0.717) is 17.4 Å². The normalized spacial score (nSPS) is 16.1. The third-order valence-electron chi connectivity index (χ3n) is 2.15. The van der Waals surface area contributed by atoms with Crippen molar-refractivity contribution in [2.45, 2.75) is 25.9 Å². The van der Waals surface area contributed by atoms with Crippen LogP contribution >= 0.6 is 0 Å². The number of benzene rings is 1. The van der Waals surface area contributed by atoms with Gasteiger partial charge in [0.05, 0.1) is 6.10 Å². The first kappa shape index (κ1) is 9.25. The van der Waals surface area contributed by atoms with Crippen LogP contribution in [-0.2, 0) is 0 Å². The second-order valence-corrected chi connectivity index (χ2v) is 3.50. The van der Waals surface area contributed by atoms with E-state index in [9.17, 15) is 4.39 Å². The molecule has 1 nitrogen and oxygen atoms in total. The first-order valence-corrected chi connectivity index (χ1v) is 4.88. The Labute approximate surface area is 83.2 Å². The number of rotatable bonds is 3. The van der Waals surface area contributed by atoms with Gasteiger partial charge in [0.25, 0.3) is 0 Å². The zero-order chi connectivity index (χ0) is 9.97. The molecule has 2 rings (SSSR count). The first-order chi connectivity index (χ1) is 6.79. The Morgan fingerprint density at radius 3 is 2.79 bits per heavy atom. The minimum Gasteiger partial charge on any atom is -0.490 e. The maximum Gasteiger partial charge on any atom is 0.134 e. The molecule has 2 heteroatoms. The standard InChI is InChI=1S/C12H13FO/c1-2-3-9-4-5-11(8-12(9)13)14-10-6-7-10/h2-5,8,10H,6-7H2,1H3/b3-2+. The van der Waals surface area contributed by atoms with Crippen LogP contribution in [0.2, 0.25) is 0 Å². The van der Waals surface area contributed by atoms with Gasteiger partial charge in [-0.1, -0.05) is 12.2 Å². The average molecular weight is 192 g/mol. The largest absolute Gasteiger partial charge is 0.490 e. The van der Waals surface area contributed by atoms with E-state index in [2.05, 4.69) is 0 Å².